The van der Waals surface area contributed by atoms with Crippen molar-refractivity contribution in [2.45, 2.75) is 6.92 Å². The Morgan fingerprint density at radius 1 is 1.69 bits per heavy atom. The number of nitrogens with zero attached hydrogens (tertiary/aromatic N) is 2. The lowest BCUT2D eigenvalue weighted by Crippen LogP contribution is -2.07. The number of nitro groups is 1. The number of ether oxygens (including phenoxy) is 1. The summed E-state index contributed by atoms with van der Waals surface area (Å²) in [6.07, 6.45) is 2.42. The monoisotopic (exact) mass is 222 g/mol. The molecule has 0 radical (unpaired) electrons. The molecule has 0 unspecified atom stereocenters. The summed E-state index contributed by atoms with van der Waals surface area (Å²) in [7, 11) is 0. The first-order valence-electron chi connectivity index (χ1n) is 4.52. The van der Waals surface area contributed by atoms with Crippen LogP contribution in [0, 0.1) is 10.1 Å². The number of aromatic nitrogens is 1. The normalized spacial score (nSPS) is 9.56. The predicted octanol–water partition coefficient (Wildman–Crippen LogP) is 1.57. The summed E-state index contributed by atoms with van der Waals surface area (Å²) in [6, 6.07) is 1.36. The highest BCUT2D eigenvalue weighted by molar-refractivity contribution is 6.16. The van der Waals surface area contributed by atoms with Crippen LogP contribution >= 0.6 is 0 Å². The Labute approximate surface area is 91.7 Å². The van der Waals surface area contributed by atoms with E-state index in [-0.39, 0.29) is 23.4 Å². The first-order valence-corrected chi connectivity index (χ1v) is 4.52. The van der Waals surface area contributed by atoms with E-state index < -0.39 is 10.9 Å². The molecule has 0 fully saturated rings. The molecule has 0 aliphatic rings. The van der Waals surface area contributed by atoms with E-state index >= 15 is 0 Å². The van der Waals surface area contributed by atoms with Gasteiger partial charge in [0.2, 0.25) is 0 Å². The van der Waals surface area contributed by atoms with Gasteiger partial charge < -0.3 is 4.74 Å². The zero-order valence-corrected chi connectivity index (χ0v) is 8.67. The fraction of sp³-hybridized carbons (Fsp3) is 0.200. The second-order valence-electron chi connectivity index (χ2n) is 2.85. The van der Waals surface area contributed by atoms with Crippen LogP contribution in [-0.4, -0.2) is 22.5 Å². The van der Waals surface area contributed by atoms with Crippen LogP contribution < -0.4 is 0 Å². The summed E-state index contributed by atoms with van der Waals surface area (Å²) in [6.45, 7) is 5.32. The van der Waals surface area contributed by atoms with Gasteiger partial charge in [0.25, 0.3) is 5.69 Å². The number of carbonyl (C=O) groups excluding carboxylic acids is 1. The standard InChI is InChI=1S/C10H10N2O4/c1-3-16-10(13)7(2)8-4-5-11-6-9(8)12(14)15/h4-6H,2-3H2,1H3. The molecule has 0 N–H and O–H groups in total. The predicted molar refractivity (Wildman–Crippen MR) is 56.6 cm³/mol. The molecule has 6 nitrogen and oxygen atoms in total. The van der Waals surface area contributed by atoms with Gasteiger partial charge in [-0.1, -0.05) is 6.58 Å². The summed E-state index contributed by atoms with van der Waals surface area (Å²) in [5, 5.41) is 10.7. The van der Waals surface area contributed by atoms with Crippen molar-refractivity contribution in [2.75, 3.05) is 6.61 Å². The van der Waals surface area contributed by atoms with E-state index in [1.165, 1.54) is 12.3 Å². The van der Waals surface area contributed by atoms with Crippen molar-refractivity contribution in [3.05, 3.63) is 40.7 Å². The minimum absolute atomic E-state index is 0.0454. The van der Waals surface area contributed by atoms with Gasteiger partial charge in [0.15, 0.2) is 0 Å². The maximum absolute atomic E-state index is 11.4. The molecule has 0 saturated carbocycles. The number of esters is 1. The van der Waals surface area contributed by atoms with Crippen molar-refractivity contribution in [1.29, 1.82) is 0 Å². The number of pyridine rings is 1. The van der Waals surface area contributed by atoms with Crippen LogP contribution in [0.4, 0.5) is 5.69 Å². The maximum atomic E-state index is 11.4. The fourth-order valence-electron chi connectivity index (χ4n) is 1.11. The van der Waals surface area contributed by atoms with Crippen molar-refractivity contribution >= 4 is 17.2 Å². The molecule has 6 heteroatoms. The van der Waals surface area contributed by atoms with Crippen LogP contribution in [0.3, 0.4) is 0 Å². The number of rotatable bonds is 4. The molecule has 0 atom stereocenters. The Balaban J connectivity index is 3.08. The van der Waals surface area contributed by atoms with Crippen LogP contribution in [0.2, 0.25) is 0 Å². The van der Waals surface area contributed by atoms with Gasteiger partial charge in [-0.3, -0.25) is 15.1 Å². The van der Waals surface area contributed by atoms with Crippen LogP contribution in [0.1, 0.15) is 12.5 Å². The smallest absolute Gasteiger partial charge is 0.338 e. The first-order chi connectivity index (χ1) is 7.57. The molecule has 0 saturated heterocycles. The second kappa shape index (κ2) is 5.01. The highest BCUT2D eigenvalue weighted by Crippen LogP contribution is 2.24. The number of carbonyl (C=O) groups is 1. The van der Waals surface area contributed by atoms with Gasteiger partial charge in [0.1, 0.15) is 6.20 Å². The third-order valence-corrected chi connectivity index (χ3v) is 1.84. The van der Waals surface area contributed by atoms with Crippen molar-refractivity contribution in [2.24, 2.45) is 0 Å². The molecule has 0 amide bonds. The summed E-state index contributed by atoms with van der Waals surface area (Å²) in [4.78, 5) is 25.0. The van der Waals surface area contributed by atoms with Gasteiger partial charge >= 0.3 is 5.97 Å². The molecule has 0 aliphatic carbocycles. The third-order valence-electron chi connectivity index (χ3n) is 1.84. The molecule has 1 aromatic heterocycles. The zero-order valence-electron chi connectivity index (χ0n) is 8.67. The van der Waals surface area contributed by atoms with E-state index in [9.17, 15) is 14.9 Å². The second-order valence-corrected chi connectivity index (χ2v) is 2.85. The molecule has 0 aromatic carbocycles. The molecular weight excluding hydrogens is 212 g/mol. The molecule has 0 bridgehead atoms. The summed E-state index contributed by atoms with van der Waals surface area (Å²) < 4.78 is 4.71. The minimum Gasteiger partial charge on any atom is -0.462 e. The molecule has 0 aliphatic heterocycles. The SMILES string of the molecule is C=C(C(=O)OCC)c1ccncc1[N+](=O)[O-]. The highest BCUT2D eigenvalue weighted by Gasteiger charge is 2.20. The molecule has 16 heavy (non-hydrogen) atoms. The van der Waals surface area contributed by atoms with Crippen LogP contribution in [0.5, 0.6) is 0 Å². The van der Waals surface area contributed by atoms with E-state index in [0.29, 0.717) is 0 Å². The van der Waals surface area contributed by atoms with Crippen LogP contribution in [0.25, 0.3) is 5.57 Å². The fourth-order valence-corrected chi connectivity index (χ4v) is 1.11. The van der Waals surface area contributed by atoms with E-state index in [0.717, 1.165) is 6.20 Å². The maximum Gasteiger partial charge on any atom is 0.338 e. The van der Waals surface area contributed by atoms with E-state index in [1.807, 2.05) is 0 Å². The van der Waals surface area contributed by atoms with Crippen molar-refractivity contribution in [3.8, 4) is 0 Å². The van der Waals surface area contributed by atoms with Gasteiger partial charge in [-0.05, 0) is 13.0 Å². The average Bonchev–Trinajstić information content (AvgIpc) is 2.28. The molecule has 0 spiro atoms. The number of hydrogen-bond acceptors (Lipinski definition) is 5. The summed E-state index contributed by atoms with van der Waals surface area (Å²) >= 11 is 0. The van der Waals surface area contributed by atoms with E-state index in [4.69, 9.17) is 4.74 Å². The van der Waals surface area contributed by atoms with Gasteiger partial charge in [0.05, 0.1) is 22.7 Å². The number of hydrogen-bond donors (Lipinski definition) is 0. The van der Waals surface area contributed by atoms with Crippen LogP contribution in [0.15, 0.2) is 25.0 Å². The highest BCUT2D eigenvalue weighted by atomic mass is 16.6. The quantitative estimate of drug-likeness (QED) is 0.334. The third kappa shape index (κ3) is 2.41. The van der Waals surface area contributed by atoms with Gasteiger partial charge in [-0.25, -0.2) is 4.79 Å². The van der Waals surface area contributed by atoms with Crippen LogP contribution in [-0.2, 0) is 9.53 Å². The largest absolute Gasteiger partial charge is 0.462 e. The molecular formula is C10H10N2O4. The van der Waals surface area contributed by atoms with Gasteiger partial charge in [-0.2, -0.15) is 0 Å². The van der Waals surface area contributed by atoms with Crippen molar-refractivity contribution in [3.63, 3.8) is 0 Å². The topological polar surface area (TPSA) is 82.3 Å². The lowest BCUT2D eigenvalue weighted by atomic mass is 10.1. The van der Waals surface area contributed by atoms with Gasteiger partial charge in [0, 0.05) is 6.20 Å². The average molecular weight is 222 g/mol. The lowest BCUT2D eigenvalue weighted by Gasteiger charge is -2.05. The molecule has 1 rings (SSSR count). The Hall–Kier alpha value is -2.24. The Bertz CT molecular complexity index is 442. The minimum atomic E-state index is -0.670. The molecule has 1 heterocycles. The Morgan fingerprint density at radius 3 is 2.94 bits per heavy atom. The summed E-state index contributed by atoms with van der Waals surface area (Å²) in [5.41, 5.74) is -0.185. The first kappa shape index (κ1) is 11.8. The lowest BCUT2D eigenvalue weighted by molar-refractivity contribution is -0.385. The van der Waals surface area contributed by atoms with E-state index in [2.05, 4.69) is 11.6 Å². The summed E-state index contributed by atoms with van der Waals surface area (Å²) in [5.74, 6) is -0.670. The molecule has 1 aromatic rings. The zero-order chi connectivity index (χ0) is 12.1. The Kier molecular flexibility index (Phi) is 3.71. The van der Waals surface area contributed by atoms with Crippen molar-refractivity contribution in [1.82, 2.24) is 4.98 Å². The Morgan fingerprint density at radius 2 is 2.38 bits per heavy atom. The van der Waals surface area contributed by atoms with E-state index in [1.54, 1.807) is 6.92 Å². The van der Waals surface area contributed by atoms with Crippen molar-refractivity contribution < 1.29 is 14.5 Å². The van der Waals surface area contributed by atoms with Gasteiger partial charge in [-0.15, -0.1) is 0 Å². The molecule has 84 valence electrons.